The van der Waals surface area contributed by atoms with Crippen LogP contribution in [0.1, 0.15) is 44.0 Å². The number of likely N-dealkylation sites (tertiary alicyclic amines) is 1. The molecule has 144 valence electrons. The lowest BCUT2D eigenvalue weighted by atomic mass is 10.0. The van der Waals surface area contributed by atoms with Crippen molar-refractivity contribution in [2.45, 2.75) is 45.3 Å². The first-order chi connectivity index (χ1) is 12.1. The number of piperidine rings is 1. The van der Waals surface area contributed by atoms with E-state index in [1.807, 2.05) is 20.8 Å². The van der Waals surface area contributed by atoms with Gasteiger partial charge in [-0.15, -0.1) is 0 Å². The first-order valence-electron chi connectivity index (χ1n) is 8.42. The fraction of sp³-hybridized carbons (Fsp3) is 0.556. The van der Waals surface area contributed by atoms with Crippen molar-refractivity contribution in [1.82, 2.24) is 10.2 Å². The predicted molar refractivity (Wildman–Crippen MR) is 109 cm³/mol. The third-order valence-corrected chi connectivity index (χ3v) is 5.49. The van der Waals surface area contributed by atoms with Crippen LogP contribution in [0.15, 0.2) is 12.1 Å². The van der Waals surface area contributed by atoms with Gasteiger partial charge in [0.15, 0.2) is 0 Å². The Kier molecular flexibility index (Phi) is 7.01. The van der Waals surface area contributed by atoms with E-state index in [0.29, 0.717) is 42.3 Å². The highest BCUT2D eigenvalue weighted by Crippen LogP contribution is 2.28. The van der Waals surface area contributed by atoms with Crippen LogP contribution in [-0.2, 0) is 4.74 Å². The minimum Gasteiger partial charge on any atom is -0.496 e. The Morgan fingerprint density at radius 2 is 1.88 bits per heavy atom. The zero-order valence-corrected chi connectivity index (χ0v) is 18.3. The van der Waals surface area contributed by atoms with E-state index in [2.05, 4.69) is 27.9 Å². The number of halogens is 2. The van der Waals surface area contributed by atoms with Crippen LogP contribution >= 0.6 is 34.2 Å². The van der Waals surface area contributed by atoms with Gasteiger partial charge in [-0.05, 0) is 68.3 Å². The van der Waals surface area contributed by atoms with E-state index in [4.69, 9.17) is 21.1 Å². The van der Waals surface area contributed by atoms with Crippen LogP contribution in [0, 0.1) is 3.57 Å². The first kappa shape index (κ1) is 21.1. The number of hydrogen-bond acceptors (Lipinski definition) is 4. The summed E-state index contributed by atoms with van der Waals surface area (Å²) in [5, 5.41) is 3.52. The Hall–Kier alpha value is -1.22. The number of benzene rings is 1. The van der Waals surface area contributed by atoms with Gasteiger partial charge in [0, 0.05) is 22.7 Å². The van der Waals surface area contributed by atoms with Gasteiger partial charge in [-0.2, -0.15) is 0 Å². The molecule has 26 heavy (non-hydrogen) atoms. The number of rotatable bonds is 3. The van der Waals surface area contributed by atoms with Crippen molar-refractivity contribution in [3.8, 4) is 5.75 Å². The Morgan fingerprint density at radius 1 is 1.27 bits per heavy atom. The number of methoxy groups -OCH3 is 1. The highest BCUT2D eigenvalue weighted by molar-refractivity contribution is 14.1. The smallest absolute Gasteiger partial charge is 0.410 e. The molecule has 1 aromatic rings. The van der Waals surface area contributed by atoms with Gasteiger partial charge in [0.05, 0.1) is 17.7 Å². The lowest BCUT2D eigenvalue weighted by Gasteiger charge is -2.33. The van der Waals surface area contributed by atoms with Gasteiger partial charge >= 0.3 is 6.09 Å². The van der Waals surface area contributed by atoms with Crippen LogP contribution in [0.3, 0.4) is 0 Å². The molecule has 2 amide bonds. The molecule has 0 unspecified atom stereocenters. The topological polar surface area (TPSA) is 67.9 Å². The molecule has 8 heteroatoms. The van der Waals surface area contributed by atoms with Crippen LogP contribution in [0.4, 0.5) is 4.79 Å². The van der Waals surface area contributed by atoms with Crippen LogP contribution < -0.4 is 10.1 Å². The predicted octanol–water partition coefficient (Wildman–Crippen LogP) is 4.08. The molecule has 1 N–H and O–H groups in total. The second kappa shape index (κ2) is 8.65. The highest BCUT2D eigenvalue weighted by atomic mass is 127. The van der Waals surface area contributed by atoms with Crippen LogP contribution in [0.25, 0.3) is 0 Å². The number of hydrogen-bond donors (Lipinski definition) is 1. The van der Waals surface area contributed by atoms with Gasteiger partial charge in [0.2, 0.25) is 0 Å². The van der Waals surface area contributed by atoms with E-state index >= 15 is 0 Å². The molecule has 1 heterocycles. The average Bonchev–Trinajstić information content (AvgIpc) is 2.55. The molecule has 6 nitrogen and oxygen atoms in total. The van der Waals surface area contributed by atoms with Gasteiger partial charge in [-0.25, -0.2) is 4.79 Å². The first-order valence-corrected chi connectivity index (χ1v) is 9.88. The second-order valence-electron chi connectivity index (χ2n) is 7.18. The molecule has 1 aliphatic heterocycles. The van der Waals surface area contributed by atoms with Gasteiger partial charge in [-0.1, -0.05) is 11.6 Å². The molecule has 0 aromatic heterocycles. The molecule has 0 radical (unpaired) electrons. The number of ether oxygens (including phenoxy) is 2. The maximum atomic E-state index is 12.6. The molecular formula is C18H24ClIN2O4. The maximum Gasteiger partial charge on any atom is 0.410 e. The van der Waals surface area contributed by atoms with Crippen LogP contribution in [-0.4, -0.2) is 48.7 Å². The third-order valence-electron chi connectivity index (χ3n) is 3.97. The van der Waals surface area contributed by atoms with Gasteiger partial charge in [0.25, 0.3) is 5.91 Å². The summed E-state index contributed by atoms with van der Waals surface area (Å²) in [7, 11) is 1.52. The second-order valence-corrected chi connectivity index (χ2v) is 8.75. The lowest BCUT2D eigenvalue weighted by molar-refractivity contribution is 0.0199. The van der Waals surface area contributed by atoms with E-state index in [1.54, 1.807) is 17.0 Å². The van der Waals surface area contributed by atoms with E-state index in [9.17, 15) is 9.59 Å². The lowest BCUT2D eigenvalue weighted by Crippen LogP contribution is -2.47. The molecule has 0 saturated carbocycles. The maximum absolute atomic E-state index is 12.6. The Morgan fingerprint density at radius 3 is 2.42 bits per heavy atom. The van der Waals surface area contributed by atoms with E-state index in [1.165, 1.54) is 7.11 Å². The number of carbonyl (C=O) groups is 2. The number of carbonyl (C=O) groups excluding carboxylic acids is 2. The van der Waals surface area contributed by atoms with Crippen molar-refractivity contribution >= 4 is 46.2 Å². The zero-order valence-electron chi connectivity index (χ0n) is 15.4. The van der Waals surface area contributed by atoms with Gasteiger partial charge in [0.1, 0.15) is 11.4 Å². The monoisotopic (exact) mass is 494 g/mol. The van der Waals surface area contributed by atoms with Crippen molar-refractivity contribution < 1.29 is 19.1 Å². The molecule has 1 fully saturated rings. The number of nitrogens with zero attached hydrogens (tertiary/aromatic N) is 1. The zero-order chi connectivity index (χ0) is 19.5. The molecule has 0 aliphatic carbocycles. The molecule has 0 spiro atoms. The minimum atomic E-state index is -0.511. The van der Waals surface area contributed by atoms with Gasteiger partial charge in [-0.3, -0.25) is 4.79 Å². The van der Waals surface area contributed by atoms with Crippen molar-refractivity contribution in [3.05, 3.63) is 26.3 Å². The quantitative estimate of drug-likeness (QED) is 0.643. The summed E-state index contributed by atoms with van der Waals surface area (Å²) in [5.41, 5.74) is -0.101. The Bertz CT molecular complexity index is 683. The number of nitrogens with one attached hydrogen (secondary N) is 1. The molecule has 1 saturated heterocycles. The fourth-order valence-corrected chi connectivity index (χ4v) is 3.27. The Balaban J connectivity index is 1.94. The summed E-state index contributed by atoms with van der Waals surface area (Å²) in [5.74, 6) is 0.262. The van der Waals surface area contributed by atoms with Crippen molar-refractivity contribution in [2.24, 2.45) is 0 Å². The van der Waals surface area contributed by atoms with Crippen LogP contribution in [0.5, 0.6) is 5.75 Å². The van der Waals surface area contributed by atoms with E-state index in [-0.39, 0.29) is 18.0 Å². The minimum absolute atomic E-state index is 0.0102. The number of amides is 2. The normalized spacial score (nSPS) is 15.5. The summed E-state index contributed by atoms with van der Waals surface area (Å²) in [6.45, 7) is 6.63. The summed E-state index contributed by atoms with van der Waals surface area (Å²) >= 11 is 8.23. The van der Waals surface area contributed by atoms with Crippen LogP contribution in [0.2, 0.25) is 5.02 Å². The van der Waals surface area contributed by atoms with Crippen molar-refractivity contribution in [1.29, 1.82) is 0 Å². The molecule has 1 aliphatic rings. The highest BCUT2D eigenvalue weighted by Gasteiger charge is 2.28. The van der Waals surface area contributed by atoms with E-state index in [0.717, 1.165) is 3.57 Å². The largest absolute Gasteiger partial charge is 0.496 e. The van der Waals surface area contributed by atoms with E-state index < -0.39 is 5.60 Å². The average molecular weight is 495 g/mol. The molecular weight excluding hydrogens is 471 g/mol. The van der Waals surface area contributed by atoms with Gasteiger partial charge < -0.3 is 19.7 Å². The molecule has 0 atom stereocenters. The summed E-state index contributed by atoms with van der Waals surface area (Å²) in [6.07, 6.45) is 1.03. The fourth-order valence-electron chi connectivity index (χ4n) is 2.67. The Labute approximate surface area is 172 Å². The van der Waals surface area contributed by atoms with Crippen molar-refractivity contribution in [2.75, 3.05) is 20.2 Å². The molecule has 2 rings (SSSR count). The standard InChI is InChI=1S/C18H24ClIN2O4/c1-18(2,3)26-17(24)22-7-5-11(6-8-22)21-16(23)12-9-13(19)14(20)10-15(12)25-4/h9-11H,5-8H2,1-4H3,(H,21,23). The third kappa shape index (κ3) is 5.64. The molecule has 1 aromatic carbocycles. The molecule has 0 bridgehead atoms. The summed E-state index contributed by atoms with van der Waals surface area (Å²) in [6, 6.07) is 3.35. The summed E-state index contributed by atoms with van der Waals surface area (Å²) < 4.78 is 11.5. The summed E-state index contributed by atoms with van der Waals surface area (Å²) in [4.78, 5) is 26.4. The SMILES string of the molecule is COc1cc(I)c(Cl)cc1C(=O)NC1CCN(C(=O)OC(C)(C)C)CC1. The van der Waals surface area contributed by atoms with Crippen molar-refractivity contribution in [3.63, 3.8) is 0 Å².